The number of carbonyl (C=O) groups excluding carboxylic acids is 1. The molecule has 0 bridgehead atoms. The van der Waals surface area contributed by atoms with Crippen molar-refractivity contribution in [2.45, 2.75) is 45.6 Å². The van der Waals surface area contributed by atoms with Crippen LogP contribution in [-0.4, -0.2) is 50.8 Å². The summed E-state index contributed by atoms with van der Waals surface area (Å²) >= 11 is 0. The van der Waals surface area contributed by atoms with Gasteiger partial charge in [-0.3, -0.25) is 13.9 Å². The van der Waals surface area contributed by atoms with Crippen LogP contribution < -0.4 is 0 Å². The molecule has 0 aliphatic heterocycles. The van der Waals surface area contributed by atoms with Gasteiger partial charge in [-0.2, -0.15) is 0 Å². The zero-order valence-electron chi connectivity index (χ0n) is 17.7. The molecule has 29 heavy (non-hydrogen) atoms. The number of rotatable bonds is 15. The highest BCUT2D eigenvalue weighted by Gasteiger charge is 2.52. The van der Waals surface area contributed by atoms with Crippen LogP contribution in [0, 0.1) is 0 Å². The van der Waals surface area contributed by atoms with Crippen LogP contribution in [0.3, 0.4) is 0 Å². The van der Waals surface area contributed by atoms with Gasteiger partial charge in [0.1, 0.15) is 6.10 Å². The summed E-state index contributed by atoms with van der Waals surface area (Å²) in [4.78, 5) is 12.9. The van der Waals surface area contributed by atoms with E-state index < -0.39 is 26.7 Å². The van der Waals surface area contributed by atoms with Gasteiger partial charge in [0.2, 0.25) is 0 Å². The lowest BCUT2D eigenvalue weighted by Gasteiger charge is -2.32. The summed E-state index contributed by atoms with van der Waals surface area (Å²) in [5.74, 6) is -0.336. The van der Waals surface area contributed by atoms with Crippen molar-refractivity contribution in [3.8, 4) is 0 Å². The van der Waals surface area contributed by atoms with Gasteiger partial charge >= 0.3 is 15.2 Å². The fourth-order valence-electron chi connectivity index (χ4n) is 2.86. The highest BCUT2D eigenvalue weighted by Crippen LogP contribution is 2.71. The maximum Gasteiger partial charge on any atom is 0.345 e. The second-order valence-electron chi connectivity index (χ2n) is 5.92. The molecule has 0 spiro atoms. The number of ether oxygens (including phenoxy) is 1. The molecule has 1 aromatic carbocycles. The van der Waals surface area contributed by atoms with Gasteiger partial charge in [0.05, 0.1) is 26.4 Å². The number of Topliss-reactive ketones (excluding diaryl/α,β-unsaturated/α-hetero) is 1. The minimum absolute atomic E-state index is 0.0658. The molecule has 8 nitrogen and oxygen atoms in total. The largest absolute Gasteiger partial charge is 0.373 e. The lowest BCUT2D eigenvalue weighted by Crippen LogP contribution is -2.30. The molecule has 0 amide bonds. The van der Waals surface area contributed by atoms with Crippen LogP contribution in [0.2, 0.25) is 0 Å². The second-order valence-corrected chi connectivity index (χ2v) is 10.8. The molecule has 1 unspecified atom stereocenters. The minimum atomic E-state index is -3.95. The lowest BCUT2D eigenvalue weighted by atomic mass is 10.0. The molecule has 0 radical (unpaired) electrons. The monoisotopic (exact) mass is 450 g/mol. The third-order valence-electron chi connectivity index (χ3n) is 4.03. The average molecular weight is 450 g/mol. The molecule has 0 aliphatic carbocycles. The van der Waals surface area contributed by atoms with Crippen LogP contribution >= 0.6 is 15.2 Å². The Labute approximate surface area is 173 Å². The molecule has 0 saturated carbocycles. The lowest BCUT2D eigenvalue weighted by molar-refractivity contribution is 0.0575. The first-order valence-electron chi connectivity index (χ1n) is 9.71. The number of hydrogen-bond acceptors (Lipinski definition) is 8. The molecule has 0 aromatic heterocycles. The van der Waals surface area contributed by atoms with E-state index in [4.69, 9.17) is 22.8 Å². The summed E-state index contributed by atoms with van der Waals surface area (Å²) in [6.45, 7) is 6.87. The molecular formula is C19H32O8P2. The zero-order valence-corrected chi connectivity index (χ0v) is 19.5. The van der Waals surface area contributed by atoms with Crippen molar-refractivity contribution in [1.29, 1.82) is 0 Å². The van der Waals surface area contributed by atoms with E-state index in [1.165, 1.54) is 7.11 Å². The van der Waals surface area contributed by atoms with Gasteiger partial charge in [-0.1, -0.05) is 30.3 Å². The van der Waals surface area contributed by atoms with Crippen molar-refractivity contribution in [3.05, 3.63) is 35.9 Å². The standard InChI is InChI=1S/C19H32O8P2/c1-6-24-28(21,25-7-2)18(29(22,26-8-3)27-9-4)15-17(23-5)19(20)16-13-11-10-12-14-16/h10-14,17-18H,6-9,15H2,1-5H3. The van der Waals surface area contributed by atoms with E-state index in [-0.39, 0.29) is 38.6 Å². The number of carbonyl (C=O) groups is 1. The quantitative estimate of drug-likeness (QED) is 0.268. The normalized spacial score (nSPS) is 13.6. The average Bonchev–Trinajstić information content (AvgIpc) is 2.69. The third-order valence-corrected chi connectivity index (χ3v) is 10.1. The molecule has 1 aromatic rings. The van der Waals surface area contributed by atoms with Crippen LogP contribution in [0.15, 0.2) is 30.3 Å². The topological polar surface area (TPSA) is 97.4 Å². The van der Waals surface area contributed by atoms with E-state index >= 15 is 0 Å². The number of hydrogen-bond donors (Lipinski definition) is 0. The van der Waals surface area contributed by atoms with Crippen molar-refractivity contribution in [2.75, 3.05) is 33.5 Å². The molecule has 0 N–H and O–H groups in total. The number of ketones is 1. The Balaban J connectivity index is 3.39. The van der Waals surface area contributed by atoms with Crippen LogP contribution in [0.5, 0.6) is 0 Å². The van der Waals surface area contributed by atoms with E-state index in [1.54, 1.807) is 58.0 Å². The first-order chi connectivity index (χ1) is 13.8. The maximum absolute atomic E-state index is 13.6. The summed E-state index contributed by atoms with van der Waals surface area (Å²) in [6, 6.07) is 8.55. The SMILES string of the molecule is CCOP(=O)(OCC)C(CC(OC)C(=O)c1ccccc1)P(=O)(OCC)OCC. The van der Waals surface area contributed by atoms with E-state index in [2.05, 4.69) is 0 Å². The van der Waals surface area contributed by atoms with Crippen LogP contribution in [0.4, 0.5) is 0 Å². The van der Waals surface area contributed by atoms with Crippen LogP contribution in [0.25, 0.3) is 0 Å². The summed E-state index contributed by atoms with van der Waals surface area (Å²) in [7, 11) is -6.55. The highest BCUT2D eigenvalue weighted by molar-refractivity contribution is 7.72. The Morgan fingerprint density at radius 3 is 1.59 bits per heavy atom. The predicted octanol–water partition coefficient (Wildman–Crippen LogP) is 5.13. The van der Waals surface area contributed by atoms with Gasteiger partial charge in [0.25, 0.3) is 0 Å². The van der Waals surface area contributed by atoms with E-state index in [1.807, 2.05) is 0 Å². The van der Waals surface area contributed by atoms with Crippen molar-refractivity contribution in [1.82, 2.24) is 0 Å². The summed E-state index contributed by atoms with van der Waals surface area (Å²) in [5, 5.41) is -1.31. The second kappa shape index (κ2) is 12.8. The molecule has 1 atom stereocenters. The Morgan fingerprint density at radius 2 is 1.24 bits per heavy atom. The summed E-state index contributed by atoms with van der Waals surface area (Å²) < 4.78 is 54.3. The van der Waals surface area contributed by atoms with E-state index in [0.29, 0.717) is 5.56 Å². The number of methoxy groups -OCH3 is 1. The zero-order chi connectivity index (χ0) is 21.9. The first-order valence-corrected chi connectivity index (χ1v) is 12.9. The Morgan fingerprint density at radius 1 is 0.828 bits per heavy atom. The van der Waals surface area contributed by atoms with Crippen molar-refractivity contribution < 1.29 is 36.8 Å². The van der Waals surface area contributed by atoms with Crippen molar-refractivity contribution in [3.63, 3.8) is 0 Å². The molecule has 10 heteroatoms. The van der Waals surface area contributed by atoms with Crippen molar-refractivity contribution >= 4 is 21.0 Å². The van der Waals surface area contributed by atoms with Crippen LogP contribution in [-0.2, 0) is 32.0 Å². The Kier molecular flexibility index (Phi) is 11.5. The van der Waals surface area contributed by atoms with Gasteiger partial charge in [-0.25, -0.2) is 0 Å². The molecular weight excluding hydrogens is 418 g/mol. The van der Waals surface area contributed by atoms with E-state index in [0.717, 1.165) is 0 Å². The fraction of sp³-hybridized carbons (Fsp3) is 0.632. The fourth-order valence-corrected chi connectivity index (χ4v) is 8.22. The minimum Gasteiger partial charge on any atom is -0.373 e. The Bertz CT molecular complexity index is 659. The molecule has 0 saturated heterocycles. The maximum atomic E-state index is 13.6. The molecule has 166 valence electrons. The molecule has 1 rings (SSSR count). The summed E-state index contributed by atoms with van der Waals surface area (Å²) in [6.07, 6.45) is -1.25. The molecule has 0 aliphatic rings. The summed E-state index contributed by atoms with van der Waals surface area (Å²) in [5.41, 5.74) is 0.420. The third kappa shape index (κ3) is 7.11. The number of benzene rings is 1. The van der Waals surface area contributed by atoms with Gasteiger partial charge in [-0.05, 0) is 27.7 Å². The highest BCUT2D eigenvalue weighted by atomic mass is 31.2. The van der Waals surface area contributed by atoms with Gasteiger partial charge in [0, 0.05) is 19.1 Å². The Hall–Kier alpha value is -0.850. The predicted molar refractivity (Wildman–Crippen MR) is 112 cm³/mol. The molecule has 0 heterocycles. The molecule has 0 fully saturated rings. The van der Waals surface area contributed by atoms with Gasteiger partial charge in [-0.15, -0.1) is 0 Å². The van der Waals surface area contributed by atoms with Crippen molar-refractivity contribution in [2.24, 2.45) is 0 Å². The smallest absolute Gasteiger partial charge is 0.345 e. The first kappa shape index (κ1) is 26.2. The van der Waals surface area contributed by atoms with Gasteiger partial charge < -0.3 is 22.8 Å². The van der Waals surface area contributed by atoms with E-state index in [9.17, 15) is 13.9 Å². The van der Waals surface area contributed by atoms with Gasteiger partial charge in [0.15, 0.2) is 11.2 Å². The van der Waals surface area contributed by atoms with Crippen LogP contribution in [0.1, 0.15) is 44.5 Å².